The minimum atomic E-state index is -0.478. The standard InChI is InChI=1S/C11H12N2O3S/c1-3-10-12-8(6-17-10)9-5-7(13-16-9)11(14)15-4-2/h5-6H,3-4H2,1-2H3. The monoisotopic (exact) mass is 252 g/mol. The van der Waals surface area contributed by atoms with Gasteiger partial charge in [-0.3, -0.25) is 0 Å². The van der Waals surface area contributed by atoms with E-state index in [1.165, 1.54) is 0 Å². The van der Waals surface area contributed by atoms with Gasteiger partial charge in [0.2, 0.25) is 0 Å². The molecule has 0 radical (unpaired) electrons. The molecule has 0 saturated carbocycles. The summed E-state index contributed by atoms with van der Waals surface area (Å²) in [5.41, 5.74) is 0.878. The summed E-state index contributed by atoms with van der Waals surface area (Å²) >= 11 is 1.56. The number of nitrogens with zero attached hydrogens (tertiary/aromatic N) is 2. The third kappa shape index (κ3) is 2.52. The van der Waals surface area contributed by atoms with Gasteiger partial charge in [0.05, 0.1) is 11.6 Å². The molecule has 2 aromatic heterocycles. The number of esters is 1. The fraction of sp³-hybridized carbons (Fsp3) is 0.364. The fourth-order valence-electron chi connectivity index (χ4n) is 1.28. The molecule has 0 spiro atoms. The van der Waals surface area contributed by atoms with Crippen molar-refractivity contribution in [3.63, 3.8) is 0 Å². The molecule has 0 saturated heterocycles. The third-order valence-electron chi connectivity index (χ3n) is 2.10. The van der Waals surface area contributed by atoms with Gasteiger partial charge < -0.3 is 9.26 Å². The van der Waals surface area contributed by atoms with Crippen molar-refractivity contribution in [2.24, 2.45) is 0 Å². The van der Waals surface area contributed by atoms with Crippen LogP contribution in [0.1, 0.15) is 29.3 Å². The van der Waals surface area contributed by atoms with E-state index in [9.17, 15) is 4.79 Å². The zero-order valence-corrected chi connectivity index (χ0v) is 10.4. The highest BCUT2D eigenvalue weighted by Gasteiger charge is 2.16. The molecule has 0 bridgehead atoms. The number of hydrogen-bond acceptors (Lipinski definition) is 6. The third-order valence-corrected chi connectivity index (χ3v) is 3.09. The van der Waals surface area contributed by atoms with Crippen molar-refractivity contribution in [3.8, 4) is 11.5 Å². The van der Waals surface area contributed by atoms with Crippen LogP contribution in [0.4, 0.5) is 0 Å². The van der Waals surface area contributed by atoms with Crippen molar-refractivity contribution in [1.82, 2.24) is 10.1 Å². The Morgan fingerprint density at radius 2 is 2.35 bits per heavy atom. The normalized spacial score (nSPS) is 10.5. The molecule has 2 rings (SSSR count). The Balaban J connectivity index is 2.20. The van der Waals surface area contributed by atoms with Gasteiger partial charge in [-0.15, -0.1) is 11.3 Å². The maximum atomic E-state index is 11.4. The van der Waals surface area contributed by atoms with Gasteiger partial charge in [0.1, 0.15) is 5.69 Å². The lowest BCUT2D eigenvalue weighted by Gasteiger charge is -1.94. The van der Waals surface area contributed by atoms with E-state index in [-0.39, 0.29) is 5.69 Å². The first-order valence-corrected chi connectivity index (χ1v) is 6.21. The van der Waals surface area contributed by atoms with Gasteiger partial charge in [-0.25, -0.2) is 9.78 Å². The summed E-state index contributed by atoms with van der Waals surface area (Å²) < 4.78 is 9.89. The lowest BCUT2D eigenvalue weighted by atomic mass is 10.3. The Morgan fingerprint density at radius 3 is 3.00 bits per heavy atom. The molecule has 90 valence electrons. The topological polar surface area (TPSA) is 65.2 Å². The fourth-order valence-corrected chi connectivity index (χ4v) is 2.02. The van der Waals surface area contributed by atoms with Crippen LogP contribution in [0, 0.1) is 0 Å². The van der Waals surface area contributed by atoms with Crippen LogP contribution in [0.5, 0.6) is 0 Å². The number of aryl methyl sites for hydroxylation is 1. The lowest BCUT2D eigenvalue weighted by Crippen LogP contribution is -2.04. The van der Waals surface area contributed by atoms with Crippen LogP contribution >= 0.6 is 11.3 Å². The molecule has 0 unspecified atom stereocenters. The van der Waals surface area contributed by atoms with Crippen LogP contribution in [0.3, 0.4) is 0 Å². The van der Waals surface area contributed by atoms with Crippen LogP contribution in [0.15, 0.2) is 16.0 Å². The molecular weight excluding hydrogens is 240 g/mol. The summed E-state index contributed by atoms with van der Waals surface area (Å²) in [5.74, 6) is 0.0115. The molecular formula is C11H12N2O3S. The smallest absolute Gasteiger partial charge is 0.360 e. The SMILES string of the molecule is CCOC(=O)c1cc(-c2csc(CC)n2)on1. The largest absolute Gasteiger partial charge is 0.461 e. The number of ether oxygens (including phenoxy) is 1. The molecule has 0 aliphatic carbocycles. The van der Waals surface area contributed by atoms with Crippen molar-refractivity contribution >= 4 is 17.3 Å². The van der Waals surface area contributed by atoms with E-state index in [1.807, 2.05) is 12.3 Å². The van der Waals surface area contributed by atoms with Gasteiger partial charge in [-0.05, 0) is 13.3 Å². The first kappa shape index (κ1) is 11.8. The predicted molar refractivity (Wildman–Crippen MR) is 62.9 cm³/mol. The molecule has 0 aromatic carbocycles. The van der Waals surface area contributed by atoms with E-state index in [2.05, 4.69) is 10.1 Å². The maximum Gasteiger partial charge on any atom is 0.360 e. The van der Waals surface area contributed by atoms with Crippen molar-refractivity contribution in [2.45, 2.75) is 20.3 Å². The number of thiazole rings is 1. The van der Waals surface area contributed by atoms with E-state index in [0.717, 1.165) is 11.4 Å². The van der Waals surface area contributed by atoms with Gasteiger partial charge in [0.15, 0.2) is 11.5 Å². The average molecular weight is 252 g/mol. The van der Waals surface area contributed by atoms with Crippen molar-refractivity contribution in [2.75, 3.05) is 6.61 Å². The Bertz CT molecular complexity index is 518. The van der Waals surface area contributed by atoms with Crippen LogP contribution in [-0.2, 0) is 11.2 Å². The number of carbonyl (C=O) groups is 1. The number of carbonyl (C=O) groups excluding carboxylic acids is 1. The molecule has 0 amide bonds. The second kappa shape index (κ2) is 5.09. The molecule has 5 nitrogen and oxygen atoms in total. The second-order valence-corrected chi connectivity index (χ2v) is 4.22. The molecule has 0 fully saturated rings. The Kier molecular flexibility index (Phi) is 3.53. The summed E-state index contributed by atoms with van der Waals surface area (Å²) in [4.78, 5) is 15.7. The Morgan fingerprint density at radius 1 is 1.53 bits per heavy atom. The molecule has 0 atom stereocenters. The van der Waals surface area contributed by atoms with Gasteiger partial charge in [0.25, 0.3) is 0 Å². The van der Waals surface area contributed by atoms with Gasteiger partial charge in [-0.1, -0.05) is 12.1 Å². The molecule has 0 aliphatic heterocycles. The van der Waals surface area contributed by atoms with Crippen molar-refractivity contribution in [1.29, 1.82) is 0 Å². The molecule has 6 heteroatoms. The zero-order valence-electron chi connectivity index (χ0n) is 9.60. The van der Waals surface area contributed by atoms with Gasteiger partial charge in [0, 0.05) is 11.4 Å². The number of hydrogen-bond donors (Lipinski definition) is 0. The molecule has 17 heavy (non-hydrogen) atoms. The summed E-state index contributed by atoms with van der Waals surface area (Å²) in [6.07, 6.45) is 0.879. The predicted octanol–water partition coefficient (Wildman–Crippen LogP) is 2.54. The summed E-state index contributed by atoms with van der Waals surface area (Å²) in [6, 6.07) is 1.55. The zero-order chi connectivity index (χ0) is 12.3. The van der Waals surface area contributed by atoms with Crippen LogP contribution in [0.2, 0.25) is 0 Å². The maximum absolute atomic E-state index is 11.4. The average Bonchev–Trinajstić information content (AvgIpc) is 2.98. The second-order valence-electron chi connectivity index (χ2n) is 3.28. The first-order chi connectivity index (χ1) is 8.24. The van der Waals surface area contributed by atoms with E-state index in [4.69, 9.17) is 9.26 Å². The molecule has 0 N–H and O–H groups in total. The van der Waals surface area contributed by atoms with E-state index in [1.54, 1.807) is 24.3 Å². The Hall–Kier alpha value is -1.69. The quantitative estimate of drug-likeness (QED) is 0.782. The summed E-state index contributed by atoms with van der Waals surface area (Å²) in [7, 11) is 0. The first-order valence-electron chi connectivity index (χ1n) is 5.33. The highest BCUT2D eigenvalue weighted by Crippen LogP contribution is 2.23. The number of rotatable bonds is 4. The van der Waals surface area contributed by atoms with Gasteiger partial charge in [-0.2, -0.15) is 0 Å². The van der Waals surface area contributed by atoms with E-state index >= 15 is 0 Å². The van der Waals surface area contributed by atoms with E-state index in [0.29, 0.717) is 18.1 Å². The molecule has 2 aromatic rings. The van der Waals surface area contributed by atoms with E-state index < -0.39 is 5.97 Å². The lowest BCUT2D eigenvalue weighted by molar-refractivity contribution is 0.0514. The van der Waals surface area contributed by atoms with Crippen LogP contribution < -0.4 is 0 Å². The van der Waals surface area contributed by atoms with Crippen LogP contribution in [0.25, 0.3) is 11.5 Å². The molecule has 0 aliphatic rings. The van der Waals surface area contributed by atoms with Crippen LogP contribution in [-0.4, -0.2) is 22.7 Å². The Labute approximate surface area is 102 Å². The highest BCUT2D eigenvalue weighted by atomic mass is 32.1. The van der Waals surface area contributed by atoms with Gasteiger partial charge >= 0.3 is 5.97 Å². The summed E-state index contributed by atoms with van der Waals surface area (Å²) in [6.45, 7) is 4.09. The number of aromatic nitrogens is 2. The summed E-state index contributed by atoms with van der Waals surface area (Å²) in [5, 5.41) is 6.57. The van der Waals surface area contributed by atoms with Crippen molar-refractivity contribution < 1.29 is 14.1 Å². The minimum absolute atomic E-state index is 0.174. The highest BCUT2D eigenvalue weighted by molar-refractivity contribution is 7.09. The molecule has 2 heterocycles. The van der Waals surface area contributed by atoms with Crippen molar-refractivity contribution in [3.05, 3.63) is 22.1 Å². The minimum Gasteiger partial charge on any atom is -0.461 e.